The third-order valence-corrected chi connectivity index (χ3v) is 3.51. The maximum Gasteiger partial charge on any atom is 0.254 e. The van der Waals surface area contributed by atoms with Gasteiger partial charge >= 0.3 is 0 Å². The molecule has 4 heteroatoms. The molecule has 0 saturated carbocycles. The lowest BCUT2D eigenvalue weighted by molar-refractivity contribution is 0.0934. The molecule has 0 fully saturated rings. The molecule has 1 amide bonds. The van der Waals surface area contributed by atoms with Crippen LogP contribution in [0.3, 0.4) is 0 Å². The van der Waals surface area contributed by atoms with Gasteiger partial charge in [-0.05, 0) is 24.3 Å². The van der Waals surface area contributed by atoms with Crippen LogP contribution in [-0.4, -0.2) is 22.1 Å². The summed E-state index contributed by atoms with van der Waals surface area (Å²) in [5.74, 6) is -0.0879. The Labute approximate surface area is 119 Å². The van der Waals surface area contributed by atoms with Crippen molar-refractivity contribution in [1.29, 1.82) is 0 Å². The first kappa shape index (κ1) is 14.3. The highest BCUT2D eigenvalue weighted by atomic mass is 16.1. The van der Waals surface area contributed by atoms with E-state index in [0.717, 1.165) is 6.42 Å². The van der Waals surface area contributed by atoms with Crippen molar-refractivity contribution in [2.24, 2.45) is 0 Å². The molecule has 2 rings (SSSR count). The largest absolute Gasteiger partial charge is 0.349 e. The first-order valence-electron chi connectivity index (χ1n) is 6.84. The van der Waals surface area contributed by atoms with Crippen molar-refractivity contribution in [3.63, 3.8) is 0 Å². The number of amides is 1. The molecule has 0 aliphatic rings. The highest BCUT2D eigenvalue weighted by molar-refractivity contribution is 5.93. The predicted octanol–water partition coefficient (Wildman–Crippen LogP) is 2.90. The number of aromatic amines is 1. The highest BCUT2D eigenvalue weighted by Crippen LogP contribution is 2.28. The Bertz CT molecular complexity index is 546. The van der Waals surface area contributed by atoms with Gasteiger partial charge in [-0.2, -0.15) is 5.10 Å². The first-order chi connectivity index (χ1) is 9.49. The summed E-state index contributed by atoms with van der Waals surface area (Å²) in [5, 5.41) is 9.44. The molecule has 0 bridgehead atoms. The number of carbonyl (C=O) groups is 1. The maximum atomic E-state index is 12.0. The molecule has 2 N–H and O–H groups in total. The van der Waals surface area contributed by atoms with E-state index in [4.69, 9.17) is 0 Å². The van der Waals surface area contributed by atoms with Gasteiger partial charge in [0.2, 0.25) is 0 Å². The lowest BCUT2D eigenvalue weighted by atomic mass is 9.79. The van der Waals surface area contributed by atoms with Crippen molar-refractivity contribution in [1.82, 2.24) is 15.5 Å². The van der Waals surface area contributed by atoms with Gasteiger partial charge < -0.3 is 5.32 Å². The molecule has 1 atom stereocenters. The summed E-state index contributed by atoms with van der Waals surface area (Å²) >= 11 is 0. The van der Waals surface area contributed by atoms with Crippen molar-refractivity contribution < 1.29 is 4.79 Å². The molecule has 0 unspecified atom stereocenters. The number of rotatable bonds is 5. The summed E-state index contributed by atoms with van der Waals surface area (Å²) in [6, 6.07) is 10.5. The number of hydrogen-bond donors (Lipinski definition) is 2. The summed E-state index contributed by atoms with van der Waals surface area (Å²) in [7, 11) is 0. The Morgan fingerprint density at radius 2 is 2.05 bits per heavy atom. The number of H-pyrrole nitrogens is 1. The van der Waals surface area contributed by atoms with E-state index in [-0.39, 0.29) is 17.4 Å². The van der Waals surface area contributed by atoms with Gasteiger partial charge in [-0.1, -0.05) is 44.2 Å². The van der Waals surface area contributed by atoms with E-state index in [0.29, 0.717) is 5.56 Å². The molecule has 0 radical (unpaired) electrons. The molecule has 0 saturated heterocycles. The number of hydrogen-bond acceptors (Lipinski definition) is 2. The molecule has 0 spiro atoms. The zero-order valence-electron chi connectivity index (χ0n) is 12.2. The van der Waals surface area contributed by atoms with Crippen LogP contribution < -0.4 is 5.32 Å². The Kier molecular flexibility index (Phi) is 4.23. The lowest BCUT2D eigenvalue weighted by Crippen LogP contribution is -2.37. The minimum atomic E-state index is -0.0879. The smallest absolute Gasteiger partial charge is 0.254 e. The van der Waals surface area contributed by atoms with E-state index in [1.54, 1.807) is 6.20 Å². The molecule has 20 heavy (non-hydrogen) atoms. The summed E-state index contributed by atoms with van der Waals surface area (Å²) < 4.78 is 0. The molecular formula is C16H21N3O. The van der Waals surface area contributed by atoms with Crippen LogP contribution in [0.2, 0.25) is 0 Å². The van der Waals surface area contributed by atoms with Gasteiger partial charge in [0.15, 0.2) is 0 Å². The maximum absolute atomic E-state index is 12.0. The number of carbonyl (C=O) groups excluding carboxylic acids is 1. The van der Waals surface area contributed by atoms with Crippen molar-refractivity contribution in [2.45, 2.75) is 38.6 Å². The van der Waals surface area contributed by atoms with Gasteiger partial charge in [0.1, 0.15) is 0 Å². The second kappa shape index (κ2) is 5.90. The quantitative estimate of drug-likeness (QED) is 0.878. The monoisotopic (exact) mass is 271 g/mol. The van der Waals surface area contributed by atoms with E-state index in [9.17, 15) is 4.79 Å². The molecule has 0 aliphatic carbocycles. The normalized spacial score (nSPS) is 12.9. The Morgan fingerprint density at radius 3 is 2.65 bits per heavy atom. The molecular weight excluding hydrogens is 250 g/mol. The van der Waals surface area contributed by atoms with E-state index in [1.165, 1.54) is 11.8 Å². The topological polar surface area (TPSA) is 57.8 Å². The zero-order valence-corrected chi connectivity index (χ0v) is 12.2. The van der Waals surface area contributed by atoms with Crippen LogP contribution >= 0.6 is 0 Å². The van der Waals surface area contributed by atoms with Crippen molar-refractivity contribution in [2.75, 3.05) is 0 Å². The average Bonchev–Trinajstić information content (AvgIpc) is 2.93. The lowest BCUT2D eigenvalue weighted by Gasteiger charge is -2.29. The number of benzene rings is 1. The average molecular weight is 271 g/mol. The molecule has 1 aromatic heterocycles. The second-order valence-corrected chi connectivity index (χ2v) is 5.82. The molecule has 4 nitrogen and oxygen atoms in total. The number of aromatic nitrogens is 2. The molecule has 0 aliphatic heterocycles. The van der Waals surface area contributed by atoms with Gasteiger partial charge in [-0.3, -0.25) is 9.89 Å². The second-order valence-electron chi connectivity index (χ2n) is 5.82. The van der Waals surface area contributed by atoms with Crippen molar-refractivity contribution in [3.05, 3.63) is 53.9 Å². The van der Waals surface area contributed by atoms with Crippen LogP contribution in [0.5, 0.6) is 0 Å². The van der Waals surface area contributed by atoms with Crippen LogP contribution in [0.4, 0.5) is 0 Å². The minimum Gasteiger partial charge on any atom is -0.349 e. The zero-order chi connectivity index (χ0) is 14.6. The fraction of sp³-hybridized carbons (Fsp3) is 0.375. The van der Waals surface area contributed by atoms with Gasteiger partial charge in [0, 0.05) is 12.2 Å². The van der Waals surface area contributed by atoms with E-state index in [1.807, 2.05) is 25.1 Å². The highest BCUT2D eigenvalue weighted by Gasteiger charge is 2.24. The Balaban J connectivity index is 1.97. The van der Waals surface area contributed by atoms with Crippen LogP contribution in [0.25, 0.3) is 0 Å². The predicted molar refractivity (Wildman–Crippen MR) is 79.6 cm³/mol. The summed E-state index contributed by atoms with van der Waals surface area (Å²) in [6.07, 6.45) is 4.01. The van der Waals surface area contributed by atoms with E-state index < -0.39 is 0 Å². The molecule has 2 aromatic rings. The van der Waals surface area contributed by atoms with Crippen molar-refractivity contribution >= 4 is 5.91 Å². The van der Waals surface area contributed by atoms with Gasteiger partial charge in [-0.15, -0.1) is 0 Å². The molecule has 1 heterocycles. The Morgan fingerprint density at radius 1 is 1.35 bits per heavy atom. The standard InChI is InChI=1S/C16H21N3O/c1-12(19-15(20)13-10-17-18-11-13)9-16(2,3)14-7-5-4-6-8-14/h4-8,10-12H,9H2,1-3H3,(H,17,18)(H,19,20)/t12-/m1/s1. The first-order valence-corrected chi connectivity index (χ1v) is 6.84. The summed E-state index contributed by atoms with van der Waals surface area (Å²) in [6.45, 7) is 6.42. The van der Waals surface area contributed by atoms with Gasteiger partial charge in [0.25, 0.3) is 5.91 Å². The van der Waals surface area contributed by atoms with Crippen LogP contribution in [0.1, 0.15) is 43.1 Å². The minimum absolute atomic E-state index is 0.0182. The van der Waals surface area contributed by atoms with Crippen LogP contribution in [-0.2, 0) is 5.41 Å². The Hall–Kier alpha value is -2.10. The fourth-order valence-electron chi connectivity index (χ4n) is 2.51. The third-order valence-electron chi connectivity index (χ3n) is 3.51. The fourth-order valence-corrected chi connectivity index (χ4v) is 2.51. The summed E-state index contributed by atoms with van der Waals surface area (Å²) in [5.41, 5.74) is 1.86. The molecule has 1 aromatic carbocycles. The van der Waals surface area contributed by atoms with Gasteiger partial charge in [-0.25, -0.2) is 0 Å². The van der Waals surface area contributed by atoms with Gasteiger partial charge in [0.05, 0.1) is 11.8 Å². The summed E-state index contributed by atoms with van der Waals surface area (Å²) in [4.78, 5) is 12.0. The molecule has 106 valence electrons. The third kappa shape index (κ3) is 3.47. The van der Waals surface area contributed by atoms with Crippen LogP contribution in [0.15, 0.2) is 42.7 Å². The van der Waals surface area contributed by atoms with Crippen molar-refractivity contribution in [3.8, 4) is 0 Å². The number of nitrogens with one attached hydrogen (secondary N) is 2. The number of nitrogens with zero attached hydrogens (tertiary/aromatic N) is 1. The van der Waals surface area contributed by atoms with E-state index in [2.05, 4.69) is 41.5 Å². The van der Waals surface area contributed by atoms with E-state index >= 15 is 0 Å². The van der Waals surface area contributed by atoms with Crippen LogP contribution in [0, 0.1) is 0 Å². The SMILES string of the molecule is C[C@H](CC(C)(C)c1ccccc1)NC(=O)c1cn[nH]c1.